The van der Waals surface area contributed by atoms with Crippen molar-refractivity contribution in [1.29, 1.82) is 0 Å². The monoisotopic (exact) mass is 424 g/mol. The highest BCUT2D eigenvalue weighted by molar-refractivity contribution is 5.88. The molecule has 1 aliphatic carbocycles. The highest BCUT2D eigenvalue weighted by atomic mass is 19.4. The van der Waals surface area contributed by atoms with Gasteiger partial charge in [-0.25, -0.2) is 14.2 Å². The third-order valence-corrected chi connectivity index (χ3v) is 5.42. The molecular weight excluding hydrogens is 404 g/mol. The van der Waals surface area contributed by atoms with E-state index in [9.17, 15) is 27.5 Å². The molecule has 1 saturated heterocycles. The summed E-state index contributed by atoms with van der Waals surface area (Å²) in [6.07, 6.45) is -0.711. The topological polar surface area (TPSA) is 62.7 Å². The average Bonchev–Trinajstić information content (AvgIpc) is 3.53. The molecule has 1 atom stereocenters. The second-order valence-electron chi connectivity index (χ2n) is 7.68. The quantitative estimate of drug-likeness (QED) is 0.695. The zero-order valence-corrected chi connectivity index (χ0v) is 16.0. The van der Waals surface area contributed by atoms with Gasteiger partial charge in [-0.3, -0.25) is 0 Å². The summed E-state index contributed by atoms with van der Waals surface area (Å²) in [5.74, 6) is -1.24. The molecular formula is C21H20F4N2O3. The Kier molecular flexibility index (Phi) is 5.29. The predicted molar refractivity (Wildman–Crippen MR) is 100 cm³/mol. The van der Waals surface area contributed by atoms with Crippen molar-refractivity contribution in [1.82, 2.24) is 4.98 Å². The van der Waals surface area contributed by atoms with Crippen molar-refractivity contribution in [3.63, 3.8) is 0 Å². The molecule has 1 saturated carbocycles. The first-order valence-corrected chi connectivity index (χ1v) is 9.74. The Morgan fingerprint density at radius 1 is 1.20 bits per heavy atom. The molecule has 30 heavy (non-hydrogen) atoms. The second-order valence-corrected chi connectivity index (χ2v) is 7.68. The van der Waals surface area contributed by atoms with Gasteiger partial charge < -0.3 is 14.7 Å². The summed E-state index contributed by atoms with van der Waals surface area (Å²) in [4.78, 5) is 17.0. The number of halogens is 4. The van der Waals surface area contributed by atoms with Crippen LogP contribution in [0, 0.1) is 5.82 Å². The number of ether oxygens (including phenoxy) is 1. The van der Waals surface area contributed by atoms with Crippen LogP contribution in [0.15, 0.2) is 30.5 Å². The minimum Gasteiger partial charge on any atom is -0.488 e. The molecule has 0 amide bonds. The van der Waals surface area contributed by atoms with E-state index in [2.05, 4.69) is 4.98 Å². The fourth-order valence-corrected chi connectivity index (χ4v) is 3.71. The molecule has 0 bridgehead atoms. The number of piperidine rings is 1. The number of carbonyl (C=O) groups is 1. The lowest BCUT2D eigenvalue weighted by molar-refractivity contribution is -0.137. The van der Waals surface area contributed by atoms with Gasteiger partial charge in [-0.1, -0.05) is 0 Å². The zero-order valence-electron chi connectivity index (χ0n) is 16.0. The van der Waals surface area contributed by atoms with Crippen molar-refractivity contribution in [2.24, 2.45) is 0 Å². The first-order valence-electron chi connectivity index (χ1n) is 9.74. The highest BCUT2D eigenvalue weighted by Gasteiger charge is 2.33. The number of alkyl halides is 3. The largest absolute Gasteiger partial charge is 0.488 e. The number of aromatic nitrogens is 1. The lowest BCUT2D eigenvalue weighted by atomic mass is 10.0. The van der Waals surface area contributed by atoms with Crippen LogP contribution in [0.2, 0.25) is 0 Å². The van der Waals surface area contributed by atoms with E-state index < -0.39 is 23.5 Å². The molecule has 1 N–H and O–H groups in total. The molecule has 2 aliphatic rings. The molecule has 1 aromatic carbocycles. The lowest BCUT2D eigenvalue weighted by Crippen LogP contribution is -2.41. The summed E-state index contributed by atoms with van der Waals surface area (Å²) in [6, 6.07) is 4.81. The van der Waals surface area contributed by atoms with Crippen LogP contribution in [0.1, 0.15) is 53.1 Å². The fourth-order valence-electron chi connectivity index (χ4n) is 3.71. The summed E-state index contributed by atoms with van der Waals surface area (Å²) in [7, 11) is 0. The van der Waals surface area contributed by atoms with Crippen molar-refractivity contribution >= 4 is 11.8 Å². The maximum absolute atomic E-state index is 14.2. The van der Waals surface area contributed by atoms with E-state index in [0.29, 0.717) is 36.6 Å². The molecule has 5 nitrogen and oxygen atoms in total. The summed E-state index contributed by atoms with van der Waals surface area (Å²) in [5, 5.41) is 9.17. The Labute approximate surface area is 170 Å². The van der Waals surface area contributed by atoms with Gasteiger partial charge in [0.05, 0.1) is 17.7 Å². The van der Waals surface area contributed by atoms with Gasteiger partial charge in [-0.15, -0.1) is 0 Å². The first-order chi connectivity index (χ1) is 14.2. The van der Waals surface area contributed by atoms with Gasteiger partial charge in [0, 0.05) is 18.8 Å². The minimum absolute atomic E-state index is 0.162. The maximum atomic E-state index is 14.2. The third-order valence-electron chi connectivity index (χ3n) is 5.42. The van der Waals surface area contributed by atoms with E-state index in [4.69, 9.17) is 4.74 Å². The van der Waals surface area contributed by atoms with Gasteiger partial charge in [0.2, 0.25) is 0 Å². The van der Waals surface area contributed by atoms with Crippen LogP contribution in [-0.4, -0.2) is 35.3 Å². The molecule has 160 valence electrons. The highest BCUT2D eigenvalue weighted by Crippen LogP contribution is 2.45. The Morgan fingerprint density at radius 2 is 1.97 bits per heavy atom. The number of hydrogen-bond donors (Lipinski definition) is 1. The van der Waals surface area contributed by atoms with Crippen LogP contribution in [0.4, 0.5) is 23.4 Å². The Balaban J connectivity index is 1.51. The molecule has 1 aliphatic heterocycles. The molecule has 0 radical (unpaired) electrons. The van der Waals surface area contributed by atoms with Gasteiger partial charge in [0.25, 0.3) is 0 Å². The van der Waals surface area contributed by atoms with E-state index >= 15 is 0 Å². The molecule has 4 rings (SSSR count). The maximum Gasteiger partial charge on any atom is 0.417 e. The number of carboxylic acids is 1. The number of hydrogen-bond acceptors (Lipinski definition) is 4. The van der Waals surface area contributed by atoms with Gasteiger partial charge in [0.1, 0.15) is 23.5 Å². The van der Waals surface area contributed by atoms with Gasteiger partial charge in [0.15, 0.2) is 0 Å². The molecule has 2 aromatic rings. The summed E-state index contributed by atoms with van der Waals surface area (Å²) in [6.45, 7) is 1.02. The van der Waals surface area contributed by atoms with Crippen LogP contribution in [-0.2, 0) is 6.18 Å². The van der Waals surface area contributed by atoms with Crippen LogP contribution >= 0.6 is 0 Å². The smallest absolute Gasteiger partial charge is 0.417 e. The molecule has 0 spiro atoms. The predicted octanol–water partition coefficient (Wildman–Crippen LogP) is 4.86. The van der Waals surface area contributed by atoms with E-state index in [1.54, 1.807) is 0 Å². The molecule has 0 unspecified atom stereocenters. The second kappa shape index (κ2) is 7.77. The Morgan fingerprint density at radius 3 is 2.57 bits per heavy atom. The summed E-state index contributed by atoms with van der Waals surface area (Å²) < 4.78 is 58.5. The molecule has 2 heterocycles. The molecule has 1 aromatic heterocycles. The Hall–Kier alpha value is -2.84. The van der Waals surface area contributed by atoms with Gasteiger partial charge in [-0.05, 0) is 55.4 Å². The average molecular weight is 424 g/mol. The lowest BCUT2D eigenvalue weighted by Gasteiger charge is -2.34. The molecule has 2 fully saturated rings. The van der Waals surface area contributed by atoms with Crippen molar-refractivity contribution in [2.45, 2.75) is 43.9 Å². The SMILES string of the molecule is O=C(O)c1cc(C2CC2)c(O[C@@H]2CCCN(c3ccc(C(F)(F)F)cn3)C2)cc1F. The number of pyridine rings is 1. The molecule has 9 heteroatoms. The number of anilines is 1. The van der Waals surface area contributed by atoms with Crippen LogP contribution in [0.25, 0.3) is 0 Å². The van der Waals surface area contributed by atoms with E-state index in [1.807, 2.05) is 4.90 Å². The number of carboxylic acid groups (broad SMARTS) is 1. The third kappa shape index (κ3) is 4.34. The summed E-state index contributed by atoms with van der Waals surface area (Å²) >= 11 is 0. The van der Waals surface area contributed by atoms with Crippen molar-refractivity contribution in [3.05, 3.63) is 53.0 Å². The number of rotatable bonds is 5. The van der Waals surface area contributed by atoms with Gasteiger partial charge >= 0.3 is 12.1 Å². The number of benzene rings is 1. The van der Waals surface area contributed by atoms with Crippen LogP contribution in [0.3, 0.4) is 0 Å². The van der Waals surface area contributed by atoms with Gasteiger partial charge in [-0.2, -0.15) is 13.2 Å². The summed E-state index contributed by atoms with van der Waals surface area (Å²) in [5.41, 5.74) is -0.485. The normalized spacial score (nSPS) is 19.6. The fraction of sp³-hybridized carbons (Fsp3) is 0.429. The number of nitrogens with zero attached hydrogens (tertiary/aromatic N) is 2. The zero-order chi connectivity index (χ0) is 21.5. The van der Waals surface area contributed by atoms with E-state index in [-0.39, 0.29) is 17.6 Å². The van der Waals surface area contributed by atoms with Crippen LogP contribution in [0.5, 0.6) is 5.75 Å². The van der Waals surface area contributed by atoms with Crippen LogP contribution < -0.4 is 9.64 Å². The standard InChI is InChI=1S/C21H20F4N2O3/c22-17-9-18(15(12-3-4-12)8-16(17)20(28)29)30-14-2-1-7-27(11-14)19-6-5-13(10-26-19)21(23,24)25/h5-6,8-10,12,14H,1-4,7,11H2,(H,28,29)/t14-/m1/s1. The minimum atomic E-state index is -4.44. The van der Waals surface area contributed by atoms with Crippen molar-refractivity contribution < 1.29 is 32.2 Å². The van der Waals surface area contributed by atoms with E-state index in [0.717, 1.165) is 37.6 Å². The number of aromatic carboxylic acids is 1. The Bertz CT molecular complexity index is 943. The van der Waals surface area contributed by atoms with Crippen molar-refractivity contribution in [2.75, 3.05) is 18.0 Å². The van der Waals surface area contributed by atoms with E-state index in [1.165, 1.54) is 12.1 Å². The van der Waals surface area contributed by atoms with Crippen molar-refractivity contribution in [3.8, 4) is 5.75 Å². The first kappa shape index (κ1) is 20.4.